The Bertz CT molecular complexity index is 919. The van der Waals surface area contributed by atoms with E-state index >= 15 is 0 Å². The van der Waals surface area contributed by atoms with E-state index < -0.39 is 0 Å². The molecule has 4 rings (SSSR count). The maximum atomic E-state index is 12.6. The van der Waals surface area contributed by atoms with Crippen LogP contribution in [-0.2, 0) is 11.3 Å². The Morgan fingerprint density at radius 1 is 1.27 bits per heavy atom. The summed E-state index contributed by atoms with van der Waals surface area (Å²) < 4.78 is 1.90. The molecule has 134 valence electrons. The summed E-state index contributed by atoms with van der Waals surface area (Å²) in [5.74, 6) is 0.690. The van der Waals surface area contributed by atoms with Gasteiger partial charge in [0.1, 0.15) is 5.82 Å². The quantitative estimate of drug-likeness (QED) is 0.787. The van der Waals surface area contributed by atoms with E-state index in [9.17, 15) is 4.79 Å². The molecule has 6 nitrogen and oxygen atoms in total. The Balaban J connectivity index is 1.41. The Kier molecular flexibility index (Phi) is 4.67. The summed E-state index contributed by atoms with van der Waals surface area (Å²) in [4.78, 5) is 19.4. The van der Waals surface area contributed by atoms with Crippen LogP contribution in [0.4, 0.5) is 5.82 Å². The zero-order valence-electron chi connectivity index (χ0n) is 14.9. The first kappa shape index (κ1) is 16.7. The number of nitrogens with zero attached hydrogens (tertiary/aromatic N) is 4. The highest BCUT2D eigenvalue weighted by Gasteiger charge is 2.26. The molecule has 0 aliphatic carbocycles. The molecule has 1 unspecified atom stereocenters. The van der Waals surface area contributed by atoms with E-state index in [0.717, 1.165) is 43.7 Å². The molecule has 6 heteroatoms. The van der Waals surface area contributed by atoms with E-state index in [1.54, 1.807) is 0 Å². The number of nitrogens with one attached hydrogen (secondary N) is 1. The van der Waals surface area contributed by atoms with Crippen LogP contribution in [0.15, 0.2) is 48.8 Å². The lowest BCUT2D eigenvalue weighted by Gasteiger charge is -2.31. The van der Waals surface area contributed by atoms with Gasteiger partial charge in [-0.05, 0) is 50.6 Å². The van der Waals surface area contributed by atoms with Gasteiger partial charge in [0.2, 0.25) is 5.91 Å². The van der Waals surface area contributed by atoms with E-state index in [-0.39, 0.29) is 11.8 Å². The van der Waals surface area contributed by atoms with Gasteiger partial charge in [0.25, 0.3) is 0 Å². The SMILES string of the molecule is Cc1cccc(NC(=O)C2CCCN(Cc3cnn4ccccc34)C2)n1. The third-order valence-corrected chi connectivity index (χ3v) is 4.92. The molecule has 4 heterocycles. The van der Waals surface area contributed by atoms with Crippen molar-refractivity contribution in [2.45, 2.75) is 26.3 Å². The van der Waals surface area contributed by atoms with Gasteiger partial charge < -0.3 is 5.32 Å². The molecule has 3 aromatic rings. The molecule has 1 N–H and O–H groups in total. The summed E-state index contributed by atoms with van der Waals surface area (Å²) in [6, 6.07) is 11.8. The average molecular weight is 349 g/mol. The van der Waals surface area contributed by atoms with Gasteiger partial charge in [0.05, 0.1) is 17.6 Å². The van der Waals surface area contributed by atoms with Crippen molar-refractivity contribution in [2.24, 2.45) is 5.92 Å². The largest absolute Gasteiger partial charge is 0.310 e. The van der Waals surface area contributed by atoms with Crippen molar-refractivity contribution in [1.29, 1.82) is 0 Å². The lowest BCUT2D eigenvalue weighted by atomic mass is 9.96. The van der Waals surface area contributed by atoms with Crippen LogP contribution < -0.4 is 5.32 Å². The molecule has 1 atom stereocenters. The Morgan fingerprint density at radius 3 is 3.08 bits per heavy atom. The zero-order chi connectivity index (χ0) is 17.9. The number of hydrogen-bond acceptors (Lipinski definition) is 4. The maximum absolute atomic E-state index is 12.6. The van der Waals surface area contributed by atoms with Crippen LogP contribution >= 0.6 is 0 Å². The normalized spacial score (nSPS) is 18.1. The second-order valence-corrected chi connectivity index (χ2v) is 6.93. The van der Waals surface area contributed by atoms with Crippen molar-refractivity contribution in [3.63, 3.8) is 0 Å². The highest BCUT2D eigenvalue weighted by molar-refractivity contribution is 5.91. The van der Waals surface area contributed by atoms with Gasteiger partial charge in [-0.3, -0.25) is 9.69 Å². The number of hydrogen-bond donors (Lipinski definition) is 1. The summed E-state index contributed by atoms with van der Waals surface area (Å²) in [6.45, 7) is 4.52. The van der Waals surface area contributed by atoms with Gasteiger partial charge in [0, 0.05) is 30.5 Å². The van der Waals surface area contributed by atoms with E-state index in [1.807, 2.05) is 54.2 Å². The van der Waals surface area contributed by atoms with Crippen LogP contribution in [0.2, 0.25) is 0 Å². The molecule has 0 radical (unpaired) electrons. The molecule has 1 amide bonds. The minimum Gasteiger partial charge on any atom is -0.310 e. The molecular weight excluding hydrogens is 326 g/mol. The first-order valence-electron chi connectivity index (χ1n) is 9.07. The van der Waals surface area contributed by atoms with Gasteiger partial charge in [-0.25, -0.2) is 9.50 Å². The number of aromatic nitrogens is 3. The average Bonchev–Trinajstić information content (AvgIpc) is 3.05. The van der Waals surface area contributed by atoms with Crippen LogP contribution in [0.1, 0.15) is 24.1 Å². The smallest absolute Gasteiger partial charge is 0.229 e. The lowest BCUT2D eigenvalue weighted by Crippen LogP contribution is -2.40. The molecule has 1 saturated heterocycles. The Labute approximate surface area is 152 Å². The van der Waals surface area contributed by atoms with Crippen LogP contribution in [-0.4, -0.2) is 38.5 Å². The molecule has 0 bridgehead atoms. The summed E-state index contributed by atoms with van der Waals surface area (Å²) in [5.41, 5.74) is 3.23. The van der Waals surface area contributed by atoms with E-state index in [1.165, 1.54) is 5.56 Å². The number of piperidine rings is 1. The van der Waals surface area contributed by atoms with Crippen molar-refractivity contribution in [3.05, 3.63) is 60.0 Å². The van der Waals surface area contributed by atoms with Gasteiger partial charge in [0.15, 0.2) is 0 Å². The number of likely N-dealkylation sites (tertiary alicyclic amines) is 1. The van der Waals surface area contributed by atoms with Gasteiger partial charge in [-0.15, -0.1) is 0 Å². The maximum Gasteiger partial charge on any atom is 0.229 e. The van der Waals surface area contributed by atoms with E-state index in [4.69, 9.17) is 0 Å². The first-order chi connectivity index (χ1) is 12.7. The van der Waals surface area contributed by atoms with E-state index in [2.05, 4.69) is 26.4 Å². The fraction of sp³-hybridized carbons (Fsp3) is 0.350. The van der Waals surface area contributed by atoms with Crippen molar-refractivity contribution >= 4 is 17.2 Å². The number of rotatable bonds is 4. The van der Waals surface area contributed by atoms with Gasteiger partial charge >= 0.3 is 0 Å². The van der Waals surface area contributed by atoms with Crippen LogP contribution in [0.5, 0.6) is 0 Å². The van der Waals surface area contributed by atoms with Gasteiger partial charge in [-0.1, -0.05) is 12.1 Å². The first-order valence-corrected chi connectivity index (χ1v) is 9.07. The molecule has 0 aromatic carbocycles. The number of aryl methyl sites for hydroxylation is 1. The predicted octanol–water partition coefficient (Wildman–Crippen LogP) is 2.89. The number of fused-ring (bicyclic) bond motifs is 1. The highest BCUT2D eigenvalue weighted by Crippen LogP contribution is 2.21. The number of pyridine rings is 2. The third kappa shape index (κ3) is 3.60. The summed E-state index contributed by atoms with van der Waals surface area (Å²) in [6.07, 6.45) is 5.83. The van der Waals surface area contributed by atoms with Crippen LogP contribution in [0.3, 0.4) is 0 Å². The van der Waals surface area contributed by atoms with Crippen LogP contribution in [0.25, 0.3) is 5.52 Å². The minimum absolute atomic E-state index is 0.00657. The molecule has 3 aromatic heterocycles. The molecule has 1 aliphatic rings. The topological polar surface area (TPSA) is 62.5 Å². The molecule has 0 saturated carbocycles. The van der Waals surface area contributed by atoms with Crippen molar-refractivity contribution in [1.82, 2.24) is 19.5 Å². The lowest BCUT2D eigenvalue weighted by molar-refractivity contribution is -0.121. The Hall–Kier alpha value is -2.73. The van der Waals surface area contributed by atoms with E-state index in [0.29, 0.717) is 5.82 Å². The summed E-state index contributed by atoms with van der Waals surface area (Å²) >= 11 is 0. The summed E-state index contributed by atoms with van der Waals surface area (Å²) in [5, 5.41) is 7.37. The van der Waals surface area contributed by atoms with Crippen molar-refractivity contribution in [2.75, 3.05) is 18.4 Å². The third-order valence-electron chi connectivity index (χ3n) is 4.92. The monoisotopic (exact) mass is 349 g/mol. The number of carbonyl (C=O) groups is 1. The predicted molar refractivity (Wildman–Crippen MR) is 101 cm³/mol. The Morgan fingerprint density at radius 2 is 2.19 bits per heavy atom. The fourth-order valence-electron chi connectivity index (χ4n) is 3.60. The van der Waals surface area contributed by atoms with Crippen molar-refractivity contribution < 1.29 is 4.79 Å². The fourth-order valence-corrected chi connectivity index (χ4v) is 3.60. The molecule has 1 fully saturated rings. The number of amides is 1. The molecule has 1 aliphatic heterocycles. The highest BCUT2D eigenvalue weighted by atomic mass is 16.2. The van der Waals surface area contributed by atoms with Gasteiger partial charge in [-0.2, -0.15) is 5.10 Å². The van der Waals surface area contributed by atoms with Crippen molar-refractivity contribution in [3.8, 4) is 0 Å². The van der Waals surface area contributed by atoms with Crippen LogP contribution in [0, 0.1) is 12.8 Å². The second-order valence-electron chi connectivity index (χ2n) is 6.93. The summed E-state index contributed by atoms with van der Waals surface area (Å²) in [7, 11) is 0. The number of carbonyl (C=O) groups excluding carboxylic acids is 1. The molecular formula is C20H23N5O. The second kappa shape index (κ2) is 7.25. The molecule has 26 heavy (non-hydrogen) atoms. The molecule has 0 spiro atoms. The zero-order valence-corrected chi connectivity index (χ0v) is 14.9. The standard InChI is InChI=1S/C20H23N5O/c1-15-6-4-9-19(22-15)23-20(26)16-7-5-10-24(13-16)14-17-12-21-25-11-3-2-8-18(17)25/h2-4,6,8-9,11-12,16H,5,7,10,13-14H2,1H3,(H,22,23,26). The number of anilines is 1. The minimum atomic E-state index is -0.00657.